The van der Waals surface area contributed by atoms with Crippen LogP contribution in [0.2, 0.25) is 0 Å². The Bertz CT molecular complexity index is 384. The number of rotatable bonds is 0. The minimum atomic E-state index is -0.686. The van der Waals surface area contributed by atoms with Gasteiger partial charge in [-0.15, -0.1) is 0 Å². The van der Waals surface area contributed by atoms with Crippen molar-refractivity contribution >= 4 is 17.8 Å². The van der Waals surface area contributed by atoms with Crippen molar-refractivity contribution in [2.75, 3.05) is 12.4 Å². The Kier molecular flexibility index (Phi) is 1.88. The van der Waals surface area contributed by atoms with E-state index in [1.807, 2.05) is 0 Å². The van der Waals surface area contributed by atoms with Gasteiger partial charge in [-0.25, -0.2) is 14.5 Å². The highest BCUT2D eigenvalue weighted by atomic mass is 16.5. The molecule has 6 nitrogen and oxygen atoms in total. The Morgan fingerprint density at radius 3 is 3.14 bits per heavy atom. The largest absolute Gasteiger partial charge is 0.470 e. The number of hydrogen-bond donors (Lipinski definition) is 1. The van der Waals surface area contributed by atoms with Crippen LogP contribution in [0, 0.1) is 0 Å². The number of methoxy groups -OCH3 is 1. The number of amides is 3. The van der Waals surface area contributed by atoms with E-state index >= 15 is 0 Å². The molecule has 2 rings (SSSR count). The van der Waals surface area contributed by atoms with Crippen LogP contribution in [0.15, 0.2) is 16.9 Å². The van der Waals surface area contributed by atoms with Crippen molar-refractivity contribution in [2.24, 2.45) is 0 Å². The molecule has 0 unspecified atom stereocenters. The molecule has 1 aliphatic rings. The van der Waals surface area contributed by atoms with Crippen molar-refractivity contribution in [3.05, 3.63) is 18.1 Å². The number of fused-ring (bicyclic) bond motifs is 1. The molecule has 0 aromatic carbocycles. The summed E-state index contributed by atoms with van der Waals surface area (Å²) in [7, 11) is 1.22. The molecule has 6 heteroatoms. The molecular formula is C8H8N2O4. The summed E-state index contributed by atoms with van der Waals surface area (Å²) >= 11 is 0. The van der Waals surface area contributed by atoms with Crippen LogP contribution in [0.4, 0.5) is 15.3 Å². The van der Waals surface area contributed by atoms with Crippen LogP contribution < -0.4 is 5.32 Å². The van der Waals surface area contributed by atoms with Crippen LogP contribution in [0.25, 0.3) is 0 Å². The maximum atomic E-state index is 11.3. The van der Waals surface area contributed by atoms with Crippen LogP contribution in [0.5, 0.6) is 0 Å². The zero-order valence-corrected chi connectivity index (χ0v) is 7.44. The zero-order chi connectivity index (χ0) is 10.1. The van der Waals surface area contributed by atoms with E-state index in [9.17, 15) is 9.59 Å². The van der Waals surface area contributed by atoms with Gasteiger partial charge in [-0.2, -0.15) is 0 Å². The number of nitrogens with one attached hydrogen (secondary N) is 1. The quantitative estimate of drug-likeness (QED) is 0.680. The monoisotopic (exact) mass is 196 g/mol. The number of carbonyl (C=O) groups is 2. The van der Waals surface area contributed by atoms with E-state index in [1.165, 1.54) is 19.6 Å². The van der Waals surface area contributed by atoms with E-state index in [4.69, 9.17) is 4.42 Å². The Hall–Kier alpha value is -1.98. The summed E-state index contributed by atoms with van der Waals surface area (Å²) in [5.74, 6) is 0. The lowest BCUT2D eigenvalue weighted by atomic mass is 10.2. The molecule has 3 amide bonds. The van der Waals surface area contributed by atoms with Gasteiger partial charge in [0.25, 0.3) is 0 Å². The van der Waals surface area contributed by atoms with Gasteiger partial charge in [0.15, 0.2) is 0 Å². The molecule has 74 valence electrons. The van der Waals surface area contributed by atoms with Gasteiger partial charge in [0.1, 0.15) is 6.26 Å². The first-order valence-corrected chi connectivity index (χ1v) is 3.94. The van der Waals surface area contributed by atoms with Crippen LogP contribution in [-0.4, -0.2) is 24.1 Å². The Labute approximate surface area is 79.4 Å². The highest BCUT2D eigenvalue weighted by Gasteiger charge is 2.29. The Morgan fingerprint density at radius 2 is 2.43 bits per heavy atom. The molecule has 1 aliphatic heterocycles. The first kappa shape index (κ1) is 8.61. The standard InChI is InChI=1S/C8H8N2O4/c1-13-8(12)10-2-5-3-14-4-6(5)9-7(10)11/h3-4H,2H2,1H3,(H,9,11). The molecule has 1 N–H and O–H groups in total. The van der Waals surface area contributed by atoms with Gasteiger partial charge in [0, 0.05) is 5.56 Å². The third-order valence-corrected chi connectivity index (χ3v) is 1.95. The molecule has 2 heterocycles. The van der Waals surface area contributed by atoms with Gasteiger partial charge in [-0.3, -0.25) is 0 Å². The molecule has 1 aromatic rings. The van der Waals surface area contributed by atoms with Gasteiger partial charge >= 0.3 is 12.1 Å². The van der Waals surface area contributed by atoms with Crippen molar-refractivity contribution < 1.29 is 18.7 Å². The lowest BCUT2D eigenvalue weighted by Crippen LogP contribution is -2.42. The molecule has 0 fully saturated rings. The summed E-state index contributed by atoms with van der Waals surface area (Å²) < 4.78 is 9.33. The molecule has 0 aliphatic carbocycles. The highest BCUT2D eigenvalue weighted by Crippen LogP contribution is 2.24. The van der Waals surface area contributed by atoms with E-state index in [-0.39, 0.29) is 6.54 Å². The fourth-order valence-corrected chi connectivity index (χ4v) is 1.24. The third-order valence-electron chi connectivity index (χ3n) is 1.95. The van der Waals surface area contributed by atoms with Gasteiger partial charge in [0.2, 0.25) is 0 Å². The van der Waals surface area contributed by atoms with E-state index in [0.717, 1.165) is 10.5 Å². The predicted molar refractivity (Wildman–Crippen MR) is 45.7 cm³/mol. The summed E-state index contributed by atoms with van der Waals surface area (Å²) in [5, 5.41) is 2.50. The number of ether oxygens (including phenoxy) is 1. The summed E-state index contributed by atoms with van der Waals surface area (Å²) in [6.45, 7) is 0.171. The molecule has 0 spiro atoms. The van der Waals surface area contributed by atoms with Crippen molar-refractivity contribution in [1.29, 1.82) is 0 Å². The molecule has 0 saturated carbocycles. The summed E-state index contributed by atoms with van der Waals surface area (Å²) in [6.07, 6.45) is 2.21. The van der Waals surface area contributed by atoms with Gasteiger partial charge in [0.05, 0.1) is 25.6 Å². The first-order chi connectivity index (χ1) is 6.72. The first-order valence-electron chi connectivity index (χ1n) is 3.94. The van der Waals surface area contributed by atoms with E-state index in [2.05, 4.69) is 10.1 Å². The summed E-state index contributed by atoms with van der Waals surface area (Å²) in [5.41, 5.74) is 1.34. The minimum absolute atomic E-state index is 0.171. The normalized spacial score (nSPS) is 14.6. The number of furan rings is 1. The third kappa shape index (κ3) is 1.20. The maximum Gasteiger partial charge on any atom is 0.418 e. The Morgan fingerprint density at radius 1 is 1.64 bits per heavy atom. The van der Waals surface area contributed by atoms with Gasteiger partial charge in [-0.1, -0.05) is 0 Å². The van der Waals surface area contributed by atoms with Crippen molar-refractivity contribution in [3.63, 3.8) is 0 Å². The number of imide groups is 1. The maximum absolute atomic E-state index is 11.3. The number of urea groups is 1. The van der Waals surface area contributed by atoms with Crippen LogP contribution in [-0.2, 0) is 11.3 Å². The lowest BCUT2D eigenvalue weighted by molar-refractivity contribution is 0.130. The fourth-order valence-electron chi connectivity index (χ4n) is 1.24. The summed E-state index contributed by atoms with van der Waals surface area (Å²) in [4.78, 5) is 23.4. The SMILES string of the molecule is COC(=O)N1Cc2cocc2NC1=O. The second-order valence-corrected chi connectivity index (χ2v) is 2.80. The van der Waals surface area contributed by atoms with Gasteiger partial charge in [-0.05, 0) is 0 Å². The average Bonchev–Trinajstić information content (AvgIpc) is 2.62. The molecular weight excluding hydrogens is 188 g/mol. The molecule has 14 heavy (non-hydrogen) atoms. The van der Waals surface area contributed by atoms with E-state index < -0.39 is 12.1 Å². The van der Waals surface area contributed by atoms with Gasteiger partial charge < -0.3 is 14.5 Å². The summed E-state index contributed by atoms with van der Waals surface area (Å²) in [6, 6.07) is -0.509. The van der Waals surface area contributed by atoms with Crippen molar-refractivity contribution in [1.82, 2.24) is 4.90 Å². The zero-order valence-electron chi connectivity index (χ0n) is 7.44. The topological polar surface area (TPSA) is 71.8 Å². The minimum Gasteiger partial charge on any atom is -0.470 e. The van der Waals surface area contributed by atoms with E-state index in [0.29, 0.717) is 5.69 Å². The molecule has 0 saturated heterocycles. The highest BCUT2D eigenvalue weighted by molar-refractivity contribution is 6.01. The molecule has 0 radical (unpaired) electrons. The number of hydrogen-bond acceptors (Lipinski definition) is 4. The van der Waals surface area contributed by atoms with Crippen LogP contribution in [0.3, 0.4) is 0 Å². The van der Waals surface area contributed by atoms with Crippen molar-refractivity contribution in [3.8, 4) is 0 Å². The number of anilines is 1. The number of carbonyl (C=O) groups excluding carboxylic acids is 2. The smallest absolute Gasteiger partial charge is 0.418 e. The predicted octanol–water partition coefficient (Wildman–Crippen LogP) is 1.39. The van der Waals surface area contributed by atoms with Crippen LogP contribution >= 0.6 is 0 Å². The second-order valence-electron chi connectivity index (χ2n) is 2.80. The second kappa shape index (κ2) is 3.06. The molecule has 0 atom stereocenters. The Balaban J connectivity index is 2.26. The van der Waals surface area contributed by atoms with E-state index in [1.54, 1.807) is 0 Å². The molecule has 1 aromatic heterocycles. The van der Waals surface area contributed by atoms with Crippen molar-refractivity contribution in [2.45, 2.75) is 6.54 Å². The molecule has 0 bridgehead atoms. The lowest BCUT2D eigenvalue weighted by Gasteiger charge is -2.23. The van der Waals surface area contributed by atoms with Crippen LogP contribution in [0.1, 0.15) is 5.56 Å². The number of nitrogens with zero attached hydrogens (tertiary/aromatic N) is 1. The average molecular weight is 196 g/mol. The fraction of sp³-hybridized carbons (Fsp3) is 0.250.